The largest absolute Gasteiger partial charge is 0.496 e. The van der Waals surface area contributed by atoms with Crippen molar-refractivity contribution in [2.24, 2.45) is 0 Å². The average molecular weight is 374 g/mol. The summed E-state index contributed by atoms with van der Waals surface area (Å²) >= 11 is 0. The maximum Gasteiger partial charge on any atom is 0.286 e. The minimum Gasteiger partial charge on any atom is -0.496 e. The highest BCUT2D eigenvalue weighted by atomic mass is 16.6. The number of aryl methyl sites for hydroxylation is 1. The predicted octanol–water partition coefficient (Wildman–Crippen LogP) is 3.25. The van der Waals surface area contributed by atoms with Crippen LogP contribution in [0.3, 0.4) is 0 Å². The number of nitrogens with one attached hydrogen (secondary N) is 1. The number of carbonyl (C=O) groups excluding carboxylic acids is 1. The van der Waals surface area contributed by atoms with Crippen molar-refractivity contribution in [2.75, 3.05) is 20.8 Å². The van der Waals surface area contributed by atoms with E-state index in [9.17, 15) is 14.9 Å². The van der Waals surface area contributed by atoms with Gasteiger partial charge in [-0.3, -0.25) is 14.9 Å². The summed E-state index contributed by atoms with van der Waals surface area (Å²) < 4.78 is 15.8. The second kappa shape index (κ2) is 8.88. The minimum absolute atomic E-state index is 0.0978. The first-order valence-electron chi connectivity index (χ1n) is 8.32. The SMILES string of the molecule is CCOc1cc([N+](=O)[O-])c(C(=O)NCc2ccc(C)c(OC)c2)cc1OC. The molecule has 0 bridgehead atoms. The number of nitro benzene ring substituents is 1. The number of rotatable bonds is 8. The first-order chi connectivity index (χ1) is 12.9. The van der Waals surface area contributed by atoms with Crippen molar-refractivity contribution in [3.05, 3.63) is 57.1 Å². The van der Waals surface area contributed by atoms with E-state index in [4.69, 9.17) is 14.2 Å². The Kier molecular flexibility index (Phi) is 6.59. The van der Waals surface area contributed by atoms with E-state index in [2.05, 4.69) is 5.32 Å². The summed E-state index contributed by atoms with van der Waals surface area (Å²) in [6, 6.07) is 8.05. The highest BCUT2D eigenvalue weighted by molar-refractivity contribution is 5.99. The van der Waals surface area contributed by atoms with Crippen molar-refractivity contribution in [3.8, 4) is 17.2 Å². The van der Waals surface area contributed by atoms with Crippen LogP contribution in [0.4, 0.5) is 5.69 Å². The Labute approximate surface area is 157 Å². The standard InChI is InChI=1S/C19H22N2O6/c1-5-27-18-10-15(21(23)24)14(9-17(18)26-4)19(22)20-11-13-7-6-12(2)16(8-13)25-3/h6-10H,5,11H2,1-4H3,(H,20,22). The lowest BCUT2D eigenvalue weighted by molar-refractivity contribution is -0.385. The van der Waals surface area contributed by atoms with Gasteiger partial charge in [-0.15, -0.1) is 0 Å². The smallest absolute Gasteiger partial charge is 0.286 e. The van der Waals surface area contributed by atoms with Crippen molar-refractivity contribution < 1.29 is 23.9 Å². The first-order valence-corrected chi connectivity index (χ1v) is 8.32. The molecule has 1 N–H and O–H groups in total. The van der Waals surface area contributed by atoms with Crippen molar-refractivity contribution in [1.82, 2.24) is 5.32 Å². The van der Waals surface area contributed by atoms with Crippen LogP contribution in [0.5, 0.6) is 17.2 Å². The van der Waals surface area contributed by atoms with Crippen LogP contribution in [0.1, 0.15) is 28.4 Å². The highest BCUT2D eigenvalue weighted by Crippen LogP contribution is 2.34. The van der Waals surface area contributed by atoms with Crippen LogP contribution in [-0.2, 0) is 6.54 Å². The van der Waals surface area contributed by atoms with Gasteiger partial charge in [-0.05, 0) is 31.0 Å². The zero-order valence-electron chi connectivity index (χ0n) is 15.7. The predicted molar refractivity (Wildman–Crippen MR) is 99.7 cm³/mol. The molecule has 0 unspecified atom stereocenters. The number of carbonyl (C=O) groups is 1. The molecule has 0 aliphatic carbocycles. The van der Waals surface area contributed by atoms with Crippen LogP contribution in [0.25, 0.3) is 0 Å². The highest BCUT2D eigenvalue weighted by Gasteiger charge is 2.24. The van der Waals surface area contributed by atoms with Gasteiger partial charge in [-0.1, -0.05) is 12.1 Å². The lowest BCUT2D eigenvalue weighted by Gasteiger charge is -2.12. The molecular formula is C19H22N2O6. The number of hydrogen-bond acceptors (Lipinski definition) is 6. The van der Waals surface area contributed by atoms with E-state index < -0.39 is 10.8 Å². The molecule has 2 aromatic rings. The van der Waals surface area contributed by atoms with E-state index in [1.807, 2.05) is 25.1 Å². The van der Waals surface area contributed by atoms with Crippen LogP contribution in [0.15, 0.2) is 30.3 Å². The number of methoxy groups -OCH3 is 2. The summed E-state index contributed by atoms with van der Waals surface area (Å²) in [5, 5.41) is 14.1. The molecule has 0 radical (unpaired) electrons. The van der Waals surface area contributed by atoms with Crippen LogP contribution in [-0.4, -0.2) is 31.7 Å². The number of ether oxygens (including phenoxy) is 3. The Morgan fingerprint density at radius 1 is 1.11 bits per heavy atom. The fourth-order valence-electron chi connectivity index (χ4n) is 2.56. The Morgan fingerprint density at radius 2 is 1.81 bits per heavy atom. The van der Waals surface area contributed by atoms with E-state index in [1.165, 1.54) is 19.2 Å². The van der Waals surface area contributed by atoms with Gasteiger partial charge in [0.15, 0.2) is 11.5 Å². The van der Waals surface area contributed by atoms with Gasteiger partial charge in [0, 0.05) is 12.6 Å². The van der Waals surface area contributed by atoms with Gasteiger partial charge in [-0.25, -0.2) is 0 Å². The lowest BCUT2D eigenvalue weighted by Crippen LogP contribution is -2.24. The molecule has 0 spiro atoms. The van der Waals surface area contributed by atoms with Crippen LogP contribution >= 0.6 is 0 Å². The monoisotopic (exact) mass is 374 g/mol. The normalized spacial score (nSPS) is 10.2. The van der Waals surface area contributed by atoms with E-state index >= 15 is 0 Å². The quantitative estimate of drug-likeness (QED) is 0.562. The zero-order chi connectivity index (χ0) is 20.0. The molecule has 0 aliphatic heterocycles. The van der Waals surface area contributed by atoms with Gasteiger partial charge < -0.3 is 19.5 Å². The molecule has 144 valence electrons. The molecule has 8 heteroatoms. The summed E-state index contributed by atoms with van der Waals surface area (Å²) in [6.07, 6.45) is 0. The Balaban J connectivity index is 2.28. The molecule has 0 fully saturated rings. The summed E-state index contributed by atoms with van der Waals surface area (Å²) in [5.41, 5.74) is 1.34. The molecule has 0 aromatic heterocycles. The van der Waals surface area contributed by atoms with Crippen LogP contribution in [0, 0.1) is 17.0 Å². The van der Waals surface area contributed by atoms with Crippen molar-refractivity contribution in [3.63, 3.8) is 0 Å². The molecule has 0 saturated carbocycles. The van der Waals surface area contributed by atoms with Gasteiger partial charge in [0.25, 0.3) is 11.6 Å². The number of benzene rings is 2. The van der Waals surface area contributed by atoms with E-state index in [0.717, 1.165) is 11.1 Å². The van der Waals surface area contributed by atoms with Crippen molar-refractivity contribution in [2.45, 2.75) is 20.4 Å². The van der Waals surface area contributed by atoms with Gasteiger partial charge in [0.05, 0.1) is 31.8 Å². The number of nitro groups is 1. The van der Waals surface area contributed by atoms with E-state index in [1.54, 1.807) is 14.0 Å². The molecule has 2 rings (SSSR count). The van der Waals surface area contributed by atoms with Gasteiger partial charge in [0.2, 0.25) is 0 Å². The molecule has 0 heterocycles. The maximum atomic E-state index is 12.6. The van der Waals surface area contributed by atoms with Crippen molar-refractivity contribution in [1.29, 1.82) is 0 Å². The van der Waals surface area contributed by atoms with Crippen LogP contribution < -0.4 is 19.5 Å². The third-order valence-electron chi connectivity index (χ3n) is 3.95. The Morgan fingerprint density at radius 3 is 2.41 bits per heavy atom. The molecule has 0 saturated heterocycles. The second-order valence-corrected chi connectivity index (χ2v) is 5.70. The maximum absolute atomic E-state index is 12.6. The topological polar surface area (TPSA) is 99.9 Å². The number of nitrogens with zero attached hydrogens (tertiary/aromatic N) is 1. The minimum atomic E-state index is -0.619. The summed E-state index contributed by atoms with van der Waals surface area (Å²) in [7, 11) is 2.98. The van der Waals surface area contributed by atoms with Crippen molar-refractivity contribution >= 4 is 11.6 Å². The first kappa shape index (κ1) is 20.0. The third kappa shape index (κ3) is 4.66. The number of amides is 1. The number of hydrogen-bond donors (Lipinski definition) is 1. The molecule has 1 amide bonds. The van der Waals surface area contributed by atoms with E-state index in [-0.39, 0.29) is 29.3 Å². The average Bonchev–Trinajstić information content (AvgIpc) is 2.66. The zero-order valence-corrected chi connectivity index (χ0v) is 15.7. The Hall–Kier alpha value is -3.29. The molecular weight excluding hydrogens is 352 g/mol. The summed E-state index contributed by atoms with van der Waals surface area (Å²) in [6.45, 7) is 4.18. The lowest BCUT2D eigenvalue weighted by atomic mass is 10.1. The third-order valence-corrected chi connectivity index (χ3v) is 3.95. The van der Waals surface area contributed by atoms with E-state index in [0.29, 0.717) is 12.4 Å². The molecule has 27 heavy (non-hydrogen) atoms. The summed E-state index contributed by atoms with van der Waals surface area (Å²) in [4.78, 5) is 23.3. The Bertz CT molecular complexity index is 850. The molecule has 2 aromatic carbocycles. The molecule has 0 atom stereocenters. The van der Waals surface area contributed by atoms with Gasteiger partial charge >= 0.3 is 0 Å². The second-order valence-electron chi connectivity index (χ2n) is 5.70. The summed E-state index contributed by atoms with van der Waals surface area (Å²) in [5.74, 6) is 0.592. The van der Waals surface area contributed by atoms with Gasteiger partial charge in [-0.2, -0.15) is 0 Å². The van der Waals surface area contributed by atoms with Gasteiger partial charge in [0.1, 0.15) is 11.3 Å². The fraction of sp³-hybridized carbons (Fsp3) is 0.316. The molecule has 8 nitrogen and oxygen atoms in total. The fourth-order valence-corrected chi connectivity index (χ4v) is 2.56. The molecule has 0 aliphatic rings. The van der Waals surface area contributed by atoms with Crippen LogP contribution in [0.2, 0.25) is 0 Å².